The van der Waals surface area contributed by atoms with E-state index in [4.69, 9.17) is 11.6 Å². The van der Waals surface area contributed by atoms with Gasteiger partial charge in [-0.1, -0.05) is 40.5 Å². The average molecular weight is 329 g/mol. The summed E-state index contributed by atoms with van der Waals surface area (Å²) in [6.07, 6.45) is 4.58. The average Bonchev–Trinajstić information content (AvgIpc) is 2.86. The van der Waals surface area contributed by atoms with Crippen LogP contribution in [0.25, 0.3) is 0 Å². The Hall–Kier alpha value is -0.840. The summed E-state index contributed by atoms with van der Waals surface area (Å²) in [6.45, 7) is 2.86. The Labute approximate surface area is 120 Å². The van der Waals surface area contributed by atoms with Gasteiger partial charge < -0.3 is 10.3 Å². The second-order valence-electron chi connectivity index (χ2n) is 4.05. The maximum atomic E-state index is 6.19. The van der Waals surface area contributed by atoms with Crippen LogP contribution in [0.2, 0.25) is 5.02 Å². The van der Waals surface area contributed by atoms with Crippen molar-refractivity contribution in [3.8, 4) is 0 Å². The molecule has 1 aromatic heterocycles. The van der Waals surface area contributed by atoms with Crippen molar-refractivity contribution < 1.29 is 0 Å². The molecule has 1 heterocycles. The highest BCUT2D eigenvalue weighted by atomic mass is 79.9. The molecule has 1 aromatic carbocycles. The van der Waals surface area contributed by atoms with Crippen molar-refractivity contribution in [3.05, 3.63) is 51.5 Å². The van der Waals surface area contributed by atoms with Crippen LogP contribution in [0.5, 0.6) is 0 Å². The molecule has 2 N–H and O–H groups in total. The van der Waals surface area contributed by atoms with E-state index in [-0.39, 0.29) is 6.04 Å². The molecular weight excluding hydrogens is 314 g/mol. The van der Waals surface area contributed by atoms with Crippen LogP contribution in [0, 0.1) is 0 Å². The molecule has 0 aliphatic rings. The van der Waals surface area contributed by atoms with Gasteiger partial charge in [-0.25, -0.2) is 4.98 Å². The summed E-state index contributed by atoms with van der Waals surface area (Å²) in [5.41, 5.74) is 1.09. The fourth-order valence-electron chi connectivity index (χ4n) is 1.80. The Kier molecular flexibility index (Phi) is 4.80. The number of imidazole rings is 1. The second-order valence-corrected chi connectivity index (χ2v) is 5.37. The largest absolute Gasteiger partial charge is 0.347 e. The van der Waals surface area contributed by atoms with E-state index < -0.39 is 0 Å². The lowest BCUT2D eigenvalue weighted by molar-refractivity contribution is 0.498. The van der Waals surface area contributed by atoms with Gasteiger partial charge in [-0.05, 0) is 24.1 Å². The molecule has 0 bridgehead atoms. The summed E-state index contributed by atoms with van der Waals surface area (Å²) in [5.74, 6) is 0.964. The fourth-order valence-corrected chi connectivity index (χ4v) is 2.54. The van der Waals surface area contributed by atoms with Gasteiger partial charge in [-0.3, -0.25) is 0 Å². The van der Waals surface area contributed by atoms with Crippen molar-refractivity contribution in [2.75, 3.05) is 0 Å². The molecular formula is C13H15BrClN3. The molecule has 0 amide bonds. The van der Waals surface area contributed by atoms with Crippen molar-refractivity contribution in [1.82, 2.24) is 15.3 Å². The van der Waals surface area contributed by atoms with Crippen molar-refractivity contribution in [1.29, 1.82) is 0 Å². The molecule has 0 aliphatic heterocycles. The van der Waals surface area contributed by atoms with Gasteiger partial charge in [0, 0.05) is 28.4 Å². The molecule has 96 valence electrons. The predicted molar refractivity (Wildman–Crippen MR) is 77.6 cm³/mol. The van der Waals surface area contributed by atoms with Crippen LogP contribution in [-0.2, 0) is 6.54 Å². The highest BCUT2D eigenvalue weighted by Crippen LogP contribution is 2.22. The van der Waals surface area contributed by atoms with E-state index in [2.05, 4.69) is 38.1 Å². The molecule has 0 radical (unpaired) electrons. The predicted octanol–water partition coefficient (Wildman–Crippen LogP) is 4.07. The SMILES string of the molecule is CCC(NCc1ccc(Br)cc1Cl)c1ncc[nH]1. The van der Waals surface area contributed by atoms with Gasteiger partial charge in [0.1, 0.15) is 5.82 Å². The van der Waals surface area contributed by atoms with Gasteiger partial charge in [0.05, 0.1) is 6.04 Å². The minimum absolute atomic E-state index is 0.222. The maximum absolute atomic E-state index is 6.19. The van der Waals surface area contributed by atoms with Crippen molar-refractivity contribution in [2.24, 2.45) is 0 Å². The van der Waals surface area contributed by atoms with E-state index >= 15 is 0 Å². The monoisotopic (exact) mass is 327 g/mol. The van der Waals surface area contributed by atoms with E-state index in [0.717, 1.165) is 33.8 Å². The fraction of sp³-hybridized carbons (Fsp3) is 0.308. The number of rotatable bonds is 5. The van der Waals surface area contributed by atoms with Crippen LogP contribution >= 0.6 is 27.5 Å². The van der Waals surface area contributed by atoms with Crippen molar-refractivity contribution in [3.63, 3.8) is 0 Å². The van der Waals surface area contributed by atoms with Crippen LogP contribution in [0.3, 0.4) is 0 Å². The van der Waals surface area contributed by atoms with Gasteiger partial charge in [0.25, 0.3) is 0 Å². The highest BCUT2D eigenvalue weighted by Gasteiger charge is 2.11. The molecule has 1 unspecified atom stereocenters. The minimum atomic E-state index is 0.222. The Bertz CT molecular complexity index is 499. The first-order valence-electron chi connectivity index (χ1n) is 5.87. The number of halogens is 2. The third-order valence-corrected chi connectivity index (χ3v) is 3.66. The summed E-state index contributed by atoms with van der Waals surface area (Å²) in [5, 5.41) is 4.22. The standard InChI is InChI=1S/C13H15BrClN3/c1-2-12(13-16-5-6-17-13)18-8-9-3-4-10(14)7-11(9)15/h3-7,12,18H,2,8H2,1H3,(H,16,17). The first-order chi connectivity index (χ1) is 8.70. The second kappa shape index (κ2) is 6.36. The van der Waals surface area contributed by atoms with E-state index in [1.165, 1.54) is 0 Å². The van der Waals surface area contributed by atoms with Crippen molar-refractivity contribution >= 4 is 27.5 Å². The molecule has 1 atom stereocenters. The number of nitrogens with one attached hydrogen (secondary N) is 2. The zero-order chi connectivity index (χ0) is 13.0. The summed E-state index contributed by atoms with van der Waals surface area (Å²) in [6, 6.07) is 6.15. The van der Waals surface area contributed by atoms with Crippen LogP contribution < -0.4 is 5.32 Å². The normalized spacial score (nSPS) is 12.6. The number of aromatic nitrogens is 2. The topological polar surface area (TPSA) is 40.7 Å². The summed E-state index contributed by atoms with van der Waals surface area (Å²) < 4.78 is 0.995. The van der Waals surface area contributed by atoms with E-state index in [0.29, 0.717) is 0 Å². The molecule has 2 rings (SSSR count). The number of H-pyrrole nitrogens is 1. The van der Waals surface area contributed by atoms with Gasteiger partial charge >= 0.3 is 0 Å². The Morgan fingerprint density at radius 3 is 2.94 bits per heavy atom. The third-order valence-electron chi connectivity index (χ3n) is 2.81. The molecule has 0 spiro atoms. The van der Waals surface area contributed by atoms with Crippen LogP contribution in [-0.4, -0.2) is 9.97 Å². The van der Waals surface area contributed by atoms with E-state index in [1.807, 2.05) is 24.4 Å². The Morgan fingerprint density at radius 1 is 1.50 bits per heavy atom. The molecule has 0 saturated carbocycles. The smallest absolute Gasteiger partial charge is 0.123 e. The van der Waals surface area contributed by atoms with Gasteiger partial charge in [0.15, 0.2) is 0 Å². The molecule has 5 heteroatoms. The molecule has 18 heavy (non-hydrogen) atoms. The Balaban J connectivity index is 2.02. The third kappa shape index (κ3) is 3.34. The zero-order valence-electron chi connectivity index (χ0n) is 10.1. The van der Waals surface area contributed by atoms with Crippen LogP contribution in [0.15, 0.2) is 35.1 Å². The molecule has 0 aliphatic carbocycles. The summed E-state index contributed by atoms with van der Waals surface area (Å²) in [7, 11) is 0. The number of hydrogen-bond donors (Lipinski definition) is 2. The highest BCUT2D eigenvalue weighted by molar-refractivity contribution is 9.10. The molecule has 0 fully saturated rings. The summed E-state index contributed by atoms with van der Waals surface area (Å²) >= 11 is 9.59. The number of nitrogens with zero attached hydrogens (tertiary/aromatic N) is 1. The molecule has 0 saturated heterocycles. The van der Waals surface area contributed by atoms with E-state index in [9.17, 15) is 0 Å². The number of aromatic amines is 1. The van der Waals surface area contributed by atoms with Gasteiger partial charge in [-0.2, -0.15) is 0 Å². The van der Waals surface area contributed by atoms with Crippen molar-refractivity contribution in [2.45, 2.75) is 25.9 Å². The van der Waals surface area contributed by atoms with Gasteiger partial charge in [-0.15, -0.1) is 0 Å². The van der Waals surface area contributed by atoms with Gasteiger partial charge in [0.2, 0.25) is 0 Å². The molecule has 2 aromatic rings. The lowest BCUT2D eigenvalue weighted by Gasteiger charge is -2.15. The Morgan fingerprint density at radius 2 is 2.33 bits per heavy atom. The van der Waals surface area contributed by atoms with Crippen LogP contribution in [0.1, 0.15) is 30.8 Å². The zero-order valence-corrected chi connectivity index (χ0v) is 12.4. The van der Waals surface area contributed by atoms with E-state index in [1.54, 1.807) is 6.20 Å². The van der Waals surface area contributed by atoms with Crippen LogP contribution in [0.4, 0.5) is 0 Å². The first kappa shape index (κ1) is 13.6. The molecule has 3 nitrogen and oxygen atoms in total. The number of hydrogen-bond acceptors (Lipinski definition) is 2. The maximum Gasteiger partial charge on any atom is 0.123 e. The number of benzene rings is 1. The summed E-state index contributed by atoms with van der Waals surface area (Å²) in [4.78, 5) is 7.41. The lowest BCUT2D eigenvalue weighted by Crippen LogP contribution is -2.21. The quantitative estimate of drug-likeness (QED) is 0.868. The lowest BCUT2D eigenvalue weighted by atomic mass is 10.1. The minimum Gasteiger partial charge on any atom is -0.347 e. The first-order valence-corrected chi connectivity index (χ1v) is 7.04.